The first-order valence-electron chi connectivity index (χ1n) is 10.3. The number of H-pyrrole nitrogens is 1. The van der Waals surface area contributed by atoms with Gasteiger partial charge in [0.25, 0.3) is 5.56 Å². The molecule has 1 aliphatic carbocycles. The van der Waals surface area contributed by atoms with Crippen LogP contribution in [0.3, 0.4) is 0 Å². The lowest BCUT2D eigenvalue weighted by Gasteiger charge is -2.33. The summed E-state index contributed by atoms with van der Waals surface area (Å²) in [6, 6.07) is 3.88. The van der Waals surface area contributed by atoms with Crippen molar-refractivity contribution in [2.45, 2.75) is 52.0 Å². The maximum absolute atomic E-state index is 12.5. The van der Waals surface area contributed by atoms with Crippen molar-refractivity contribution in [3.8, 4) is 0 Å². The maximum Gasteiger partial charge on any atom is 0.267 e. The molecule has 0 aromatic carbocycles. The first-order valence-corrected chi connectivity index (χ1v) is 10.3. The molecule has 0 unspecified atom stereocenters. The van der Waals surface area contributed by atoms with Gasteiger partial charge in [-0.1, -0.05) is 0 Å². The fraction of sp³-hybridized carbons (Fsp3) is 0.524. The van der Waals surface area contributed by atoms with Gasteiger partial charge in [0.1, 0.15) is 11.8 Å². The summed E-state index contributed by atoms with van der Waals surface area (Å²) in [4.78, 5) is 27.1. The Morgan fingerprint density at radius 2 is 1.96 bits per heavy atom. The molecule has 4 heterocycles. The van der Waals surface area contributed by atoms with Gasteiger partial charge in [-0.15, -0.1) is 0 Å². The number of rotatable bonds is 3. The highest BCUT2D eigenvalue weighted by molar-refractivity contribution is 5.86. The monoisotopic (exact) mass is 378 g/mol. The molecule has 3 aromatic heterocycles. The highest BCUT2D eigenvalue weighted by Gasteiger charge is 2.24. The number of aromatic amines is 1. The van der Waals surface area contributed by atoms with Crippen LogP contribution in [0.25, 0.3) is 11.0 Å². The first kappa shape index (κ1) is 17.4. The van der Waals surface area contributed by atoms with E-state index in [0.29, 0.717) is 5.92 Å². The van der Waals surface area contributed by atoms with E-state index in [1.54, 1.807) is 11.0 Å². The Labute approximate surface area is 163 Å². The minimum absolute atomic E-state index is 0.0578. The molecule has 0 atom stereocenters. The zero-order valence-electron chi connectivity index (χ0n) is 16.3. The second-order valence-corrected chi connectivity index (χ2v) is 8.18. The number of nitrogens with one attached hydrogen (secondary N) is 1. The highest BCUT2D eigenvalue weighted by atomic mass is 16.1. The Kier molecular flexibility index (Phi) is 4.37. The molecular formula is C21H26N6O. The van der Waals surface area contributed by atoms with E-state index in [9.17, 15) is 4.79 Å². The summed E-state index contributed by atoms with van der Waals surface area (Å²) in [6.07, 6.45) is 8.09. The first-order chi connectivity index (χ1) is 13.7. The smallest absolute Gasteiger partial charge is 0.267 e. The number of aryl methyl sites for hydroxylation is 3. The molecule has 1 aliphatic heterocycles. The Morgan fingerprint density at radius 1 is 1.14 bits per heavy atom. The summed E-state index contributed by atoms with van der Waals surface area (Å²) in [7, 11) is 0. The molecule has 2 aliphatic rings. The molecule has 0 saturated carbocycles. The van der Waals surface area contributed by atoms with E-state index < -0.39 is 0 Å². The van der Waals surface area contributed by atoms with Crippen LogP contribution in [0.2, 0.25) is 0 Å². The summed E-state index contributed by atoms with van der Waals surface area (Å²) in [5, 5.41) is 4.69. The molecule has 1 saturated heterocycles. The summed E-state index contributed by atoms with van der Waals surface area (Å²) in [6.45, 7) is 4.64. The molecule has 1 N–H and O–H groups in total. The Morgan fingerprint density at radius 3 is 2.82 bits per heavy atom. The highest BCUT2D eigenvalue weighted by Crippen LogP contribution is 2.28. The van der Waals surface area contributed by atoms with Gasteiger partial charge in [0.05, 0.1) is 11.2 Å². The van der Waals surface area contributed by atoms with Gasteiger partial charge >= 0.3 is 0 Å². The zero-order chi connectivity index (χ0) is 19.1. The molecule has 0 radical (unpaired) electrons. The van der Waals surface area contributed by atoms with E-state index in [1.807, 2.05) is 13.0 Å². The van der Waals surface area contributed by atoms with E-state index in [4.69, 9.17) is 5.10 Å². The van der Waals surface area contributed by atoms with Crippen LogP contribution in [0.15, 0.2) is 23.3 Å². The van der Waals surface area contributed by atoms with Crippen LogP contribution in [0.1, 0.15) is 42.6 Å². The molecule has 1 fully saturated rings. The van der Waals surface area contributed by atoms with Crippen molar-refractivity contribution in [3.63, 3.8) is 0 Å². The Hall–Kier alpha value is -2.70. The van der Waals surface area contributed by atoms with Gasteiger partial charge in [-0.2, -0.15) is 5.10 Å². The predicted octanol–water partition coefficient (Wildman–Crippen LogP) is 2.62. The molecule has 0 spiro atoms. The number of nitrogens with zero attached hydrogens (tertiary/aromatic N) is 5. The molecule has 7 heteroatoms. The molecule has 146 valence electrons. The van der Waals surface area contributed by atoms with Gasteiger partial charge in [0.15, 0.2) is 5.82 Å². The van der Waals surface area contributed by atoms with E-state index in [2.05, 4.69) is 25.9 Å². The number of fused-ring (bicyclic) bond motifs is 2. The quantitative estimate of drug-likeness (QED) is 0.758. The largest absolute Gasteiger partial charge is 0.355 e. The molecule has 0 amide bonds. The van der Waals surface area contributed by atoms with Crippen molar-refractivity contribution >= 4 is 16.9 Å². The average Bonchev–Trinajstić information content (AvgIpc) is 3.09. The Balaban J connectivity index is 1.29. The van der Waals surface area contributed by atoms with E-state index in [-0.39, 0.29) is 5.56 Å². The van der Waals surface area contributed by atoms with Crippen LogP contribution in [0.5, 0.6) is 0 Å². The van der Waals surface area contributed by atoms with Crippen molar-refractivity contribution in [2.24, 2.45) is 5.92 Å². The lowest BCUT2D eigenvalue weighted by Crippen LogP contribution is -2.37. The van der Waals surface area contributed by atoms with Gasteiger partial charge in [0.2, 0.25) is 0 Å². The fourth-order valence-corrected chi connectivity index (χ4v) is 4.60. The van der Waals surface area contributed by atoms with Gasteiger partial charge in [-0.05, 0) is 63.0 Å². The second kappa shape index (κ2) is 7.04. The van der Waals surface area contributed by atoms with E-state index in [0.717, 1.165) is 79.1 Å². The zero-order valence-corrected chi connectivity index (χ0v) is 16.3. The summed E-state index contributed by atoms with van der Waals surface area (Å²) in [5.74, 6) is 1.46. The molecular weight excluding hydrogens is 352 g/mol. The third-order valence-corrected chi connectivity index (χ3v) is 6.15. The topological polar surface area (TPSA) is 79.7 Å². The van der Waals surface area contributed by atoms with Crippen LogP contribution >= 0.6 is 0 Å². The van der Waals surface area contributed by atoms with Gasteiger partial charge in [-0.3, -0.25) is 4.79 Å². The third-order valence-electron chi connectivity index (χ3n) is 6.15. The minimum Gasteiger partial charge on any atom is -0.355 e. The standard InChI is InChI=1S/C21H26N6O/c1-14-10-18-20(24-14)21(23-13-22-18)26-8-6-15(7-9-26)12-27-19(28)11-16-4-2-3-5-17(16)25-27/h10-11,13,15,24H,2-9,12H2,1H3. The normalized spacial score (nSPS) is 17.8. The van der Waals surface area contributed by atoms with Crippen LogP contribution in [-0.4, -0.2) is 37.8 Å². The van der Waals surface area contributed by atoms with Crippen molar-refractivity contribution < 1.29 is 0 Å². The van der Waals surface area contributed by atoms with Crippen molar-refractivity contribution in [1.29, 1.82) is 0 Å². The van der Waals surface area contributed by atoms with E-state index >= 15 is 0 Å². The number of hydrogen-bond donors (Lipinski definition) is 1. The van der Waals surface area contributed by atoms with Crippen LogP contribution in [0.4, 0.5) is 5.82 Å². The summed E-state index contributed by atoms with van der Waals surface area (Å²) < 4.78 is 1.71. The van der Waals surface area contributed by atoms with Crippen LogP contribution < -0.4 is 10.5 Å². The predicted molar refractivity (Wildman–Crippen MR) is 109 cm³/mol. The van der Waals surface area contributed by atoms with Gasteiger partial charge in [0, 0.05) is 31.4 Å². The third kappa shape index (κ3) is 3.19. The molecule has 0 bridgehead atoms. The molecule has 5 rings (SSSR count). The number of anilines is 1. The molecule has 7 nitrogen and oxygen atoms in total. The SMILES string of the molecule is Cc1cc2ncnc(N3CCC(Cn4nc5c(cc4=O)CCCC5)CC3)c2[nH]1. The minimum atomic E-state index is 0.0578. The van der Waals surface area contributed by atoms with Gasteiger partial charge < -0.3 is 9.88 Å². The van der Waals surface area contributed by atoms with E-state index in [1.165, 1.54) is 12.8 Å². The van der Waals surface area contributed by atoms with Crippen molar-refractivity contribution in [2.75, 3.05) is 18.0 Å². The fourth-order valence-electron chi connectivity index (χ4n) is 4.60. The van der Waals surface area contributed by atoms with Crippen LogP contribution in [-0.2, 0) is 19.4 Å². The summed E-state index contributed by atoms with van der Waals surface area (Å²) in [5.41, 5.74) is 5.44. The average molecular weight is 378 g/mol. The lowest BCUT2D eigenvalue weighted by atomic mass is 9.96. The maximum atomic E-state index is 12.5. The number of piperidine rings is 1. The second-order valence-electron chi connectivity index (χ2n) is 8.18. The van der Waals surface area contributed by atoms with Crippen LogP contribution in [0, 0.1) is 12.8 Å². The lowest BCUT2D eigenvalue weighted by molar-refractivity contribution is 0.331. The van der Waals surface area contributed by atoms with Crippen molar-refractivity contribution in [1.82, 2.24) is 24.7 Å². The molecule has 3 aromatic rings. The molecule has 28 heavy (non-hydrogen) atoms. The van der Waals surface area contributed by atoms with Crippen molar-refractivity contribution in [3.05, 3.63) is 45.8 Å². The number of aromatic nitrogens is 5. The Bertz CT molecular complexity index is 1060. The summed E-state index contributed by atoms with van der Waals surface area (Å²) >= 11 is 0. The number of hydrogen-bond acceptors (Lipinski definition) is 5. The van der Waals surface area contributed by atoms with Gasteiger partial charge in [-0.25, -0.2) is 14.6 Å².